The van der Waals surface area contributed by atoms with Gasteiger partial charge in [0.1, 0.15) is 11.3 Å². The summed E-state index contributed by atoms with van der Waals surface area (Å²) in [5.41, 5.74) is 6.89. The molecule has 0 aliphatic rings. The molecule has 1 aromatic heterocycles. The van der Waals surface area contributed by atoms with Crippen molar-refractivity contribution in [3.8, 4) is 16.9 Å². The van der Waals surface area contributed by atoms with Crippen LogP contribution in [0.1, 0.15) is 30.5 Å². The van der Waals surface area contributed by atoms with Crippen molar-refractivity contribution < 1.29 is 13.9 Å². The van der Waals surface area contributed by atoms with Crippen molar-refractivity contribution in [2.75, 3.05) is 20.7 Å². The van der Waals surface area contributed by atoms with Gasteiger partial charge in [-0.3, -0.25) is 4.79 Å². The van der Waals surface area contributed by atoms with Gasteiger partial charge in [-0.05, 0) is 44.9 Å². The van der Waals surface area contributed by atoms with Crippen LogP contribution in [0.15, 0.2) is 47.1 Å². The lowest BCUT2D eigenvalue weighted by molar-refractivity contribution is -0.123. The maximum atomic E-state index is 12.2. The molecule has 0 saturated carbocycles. The van der Waals surface area contributed by atoms with E-state index < -0.39 is 0 Å². The van der Waals surface area contributed by atoms with Crippen molar-refractivity contribution >= 4 is 22.4 Å². The van der Waals surface area contributed by atoms with E-state index in [4.69, 9.17) is 9.15 Å². The molecule has 1 heterocycles. The maximum Gasteiger partial charge on any atom is 0.246 e. The zero-order valence-corrected chi connectivity index (χ0v) is 17.4. The predicted molar refractivity (Wildman–Crippen MR) is 115 cm³/mol. The number of benzene rings is 2. The summed E-state index contributed by atoms with van der Waals surface area (Å²) in [5.74, 6) is 0.712. The van der Waals surface area contributed by atoms with Crippen molar-refractivity contribution in [3.05, 3.63) is 59.4 Å². The second-order valence-electron chi connectivity index (χ2n) is 7.26. The highest BCUT2D eigenvalue weighted by atomic mass is 16.5. The van der Waals surface area contributed by atoms with Gasteiger partial charge in [0.15, 0.2) is 0 Å². The number of fused-ring (bicyclic) bond motifs is 1. The minimum Gasteiger partial charge on any atom is -0.493 e. The van der Waals surface area contributed by atoms with Crippen LogP contribution in [0.4, 0.5) is 0 Å². The molecule has 2 aromatic carbocycles. The normalized spacial score (nSPS) is 11.7. The van der Waals surface area contributed by atoms with E-state index in [1.54, 1.807) is 31.3 Å². The fraction of sp³-hybridized carbons (Fsp3) is 0.292. The number of aryl methyl sites for hydroxylation is 2. The molecule has 1 amide bonds. The molecule has 0 spiro atoms. The molecule has 28 heavy (non-hydrogen) atoms. The minimum atomic E-state index is -0.0522. The van der Waals surface area contributed by atoms with Gasteiger partial charge >= 0.3 is 0 Å². The molecular formula is C24H27NO3. The number of likely N-dealkylation sites (N-methyl/N-ethyl adjacent to an activating group) is 1. The van der Waals surface area contributed by atoms with Gasteiger partial charge in [0.05, 0.1) is 12.9 Å². The van der Waals surface area contributed by atoms with Gasteiger partial charge in [-0.15, -0.1) is 0 Å². The molecule has 146 valence electrons. The van der Waals surface area contributed by atoms with Crippen LogP contribution in [0.3, 0.4) is 0 Å². The summed E-state index contributed by atoms with van der Waals surface area (Å²) in [6, 6.07) is 10.5. The lowest BCUT2D eigenvalue weighted by Gasteiger charge is -2.15. The van der Waals surface area contributed by atoms with E-state index in [-0.39, 0.29) is 5.91 Å². The van der Waals surface area contributed by atoms with Crippen molar-refractivity contribution in [1.29, 1.82) is 0 Å². The van der Waals surface area contributed by atoms with Crippen LogP contribution in [0, 0.1) is 13.8 Å². The fourth-order valence-electron chi connectivity index (χ4n) is 3.29. The number of furan rings is 1. The molecular weight excluding hydrogens is 350 g/mol. The summed E-state index contributed by atoms with van der Waals surface area (Å²) in [4.78, 5) is 13.8. The van der Waals surface area contributed by atoms with Gasteiger partial charge in [-0.25, -0.2) is 0 Å². The molecule has 4 heteroatoms. The first kappa shape index (κ1) is 19.7. The number of carbonyl (C=O) groups excluding carboxylic acids is 1. The highest BCUT2D eigenvalue weighted by molar-refractivity contribution is 6.01. The van der Waals surface area contributed by atoms with Crippen LogP contribution in [-0.2, 0) is 4.79 Å². The summed E-state index contributed by atoms with van der Waals surface area (Å²) < 4.78 is 11.9. The Balaban J connectivity index is 2.24. The van der Waals surface area contributed by atoms with Crippen molar-refractivity contribution in [2.45, 2.75) is 27.7 Å². The standard InChI is InChI=1S/C24H27NO3/c1-7-27-23-17(4)24-20(13-19(23)16(3)12-22(26)25(5)6)21(14-28-24)18-10-8-15(2)9-11-18/h8-14H,7H2,1-6H3/b16-12+. The zero-order chi connectivity index (χ0) is 20.4. The first-order chi connectivity index (χ1) is 13.3. The first-order valence-electron chi connectivity index (χ1n) is 9.48. The molecule has 4 nitrogen and oxygen atoms in total. The van der Waals surface area contributed by atoms with Crippen LogP contribution in [0.2, 0.25) is 0 Å². The number of amides is 1. The third-order valence-corrected chi connectivity index (χ3v) is 4.90. The Kier molecular flexibility index (Phi) is 5.59. The minimum absolute atomic E-state index is 0.0522. The van der Waals surface area contributed by atoms with Crippen molar-refractivity contribution in [3.63, 3.8) is 0 Å². The number of hydrogen-bond donors (Lipinski definition) is 0. The fourth-order valence-corrected chi connectivity index (χ4v) is 3.29. The van der Waals surface area contributed by atoms with Crippen LogP contribution in [0.25, 0.3) is 27.7 Å². The molecule has 0 saturated heterocycles. The average molecular weight is 377 g/mol. The quantitative estimate of drug-likeness (QED) is 0.543. The monoisotopic (exact) mass is 377 g/mol. The average Bonchev–Trinajstić information content (AvgIpc) is 3.08. The third kappa shape index (κ3) is 3.68. The molecule has 3 aromatic rings. The van der Waals surface area contributed by atoms with Gasteiger partial charge in [0, 0.05) is 42.2 Å². The van der Waals surface area contributed by atoms with E-state index in [2.05, 4.69) is 37.3 Å². The highest BCUT2D eigenvalue weighted by Gasteiger charge is 2.19. The zero-order valence-electron chi connectivity index (χ0n) is 17.4. The Hall–Kier alpha value is -3.01. The number of nitrogens with zero attached hydrogens (tertiary/aromatic N) is 1. The van der Waals surface area contributed by atoms with Crippen LogP contribution in [-0.4, -0.2) is 31.5 Å². The smallest absolute Gasteiger partial charge is 0.246 e. The lowest BCUT2D eigenvalue weighted by atomic mass is 9.96. The first-order valence-corrected chi connectivity index (χ1v) is 9.48. The topological polar surface area (TPSA) is 42.7 Å². The van der Waals surface area contributed by atoms with Crippen LogP contribution < -0.4 is 4.74 Å². The summed E-state index contributed by atoms with van der Waals surface area (Å²) in [6.45, 7) is 8.51. The number of rotatable bonds is 5. The van der Waals surface area contributed by atoms with E-state index in [1.165, 1.54) is 5.56 Å². The summed E-state index contributed by atoms with van der Waals surface area (Å²) in [6.07, 6.45) is 3.45. The Morgan fingerprint density at radius 1 is 1.18 bits per heavy atom. The molecule has 3 rings (SSSR count). The molecule has 0 aliphatic carbocycles. The molecule has 0 radical (unpaired) electrons. The van der Waals surface area contributed by atoms with E-state index in [0.29, 0.717) is 6.61 Å². The second kappa shape index (κ2) is 7.93. The Labute approximate surface area is 166 Å². The summed E-state index contributed by atoms with van der Waals surface area (Å²) in [5, 5.41) is 1.02. The Bertz CT molecular complexity index is 1040. The summed E-state index contributed by atoms with van der Waals surface area (Å²) in [7, 11) is 3.49. The number of carbonyl (C=O) groups is 1. The van der Waals surface area contributed by atoms with Gasteiger partial charge in [-0.2, -0.15) is 0 Å². The third-order valence-electron chi connectivity index (χ3n) is 4.90. The SMILES string of the molecule is CCOc1c(/C(C)=C/C(=O)N(C)C)cc2c(-c3ccc(C)cc3)coc2c1C. The molecule has 0 fully saturated rings. The van der Waals surface area contributed by atoms with Gasteiger partial charge in [0.25, 0.3) is 0 Å². The lowest BCUT2D eigenvalue weighted by Crippen LogP contribution is -2.19. The highest BCUT2D eigenvalue weighted by Crippen LogP contribution is 2.40. The molecule has 0 aliphatic heterocycles. The maximum absolute atomic E-state index is 12.2. The van der Waals surface area contributed by atoms with Gasteiger partial charge in [0.2, 0.25) is 5.91 Å². The largest absolute Gasteiger partial charge is 0.493 e. The van der Waals surface area contributed by atoms with Crippen molar-refractivity contribution in [2.24, 2.45) is 0 Å². The Morgan fingerprint density at radius 2 is 1.86 bits per heavy atom. The molecule has 0 unspecified atom stereocenters. The van der Waals surface area contributed by atoms with Gasteiger partial charge in [-0.1, -0.05) is 29.8 Å². The molecule has 0 atom stereocenters. The van der Waals surface area contributed by atoms with Crippen molar-refractivity contribution in [1.82, 2.24) is 4.90 Å². The number of hydrogen-bond acceptors (Lipinski definition) is 3. The molecule has 0 bridgehead atoms. The van der Waals surface area contributed by atoms with Crippen LogP contribution >= 0.6 is 0 Å². The van der Waals surface area contributed by atoms with Crippen LogP contribution in [0.5, 0.6) is 5.75 Å². The van der Waals surface area contributed by atoms with E-state index >= 15 is 0 Å². The van der Waals surface area contributed by atoms with E-state index in [1.807, 2.05) is 20.8 Å². The molecule has 0 N–H and O–H groups in total. The Morgan fingerprint density at radius 3 is 2.46 bits per heavy atom. The summed E-state index contributed by atoms with van der Waals surface area (Å²) >= 11 is 0. The number of allylic oxidation sites excluding steroid dienone is 1. The van der Waals surface area contributed by atoms with E-state index in [9.17, 15) is 4.79 Å². The van der Waals surface area contributed by atoms with E-state index in [0.717, 1.165) is 44.5 Å². The second-order valence-corrected chi connectivity index (χ2v) is 7.26. The van der Waals surface area contributed by atoms with Gasteiger partial charge < -0.3 is 14.1 Å². The predicted octanol–water partition coefficient (Wildman–Crippen LogP) is 5.61. The number of ether oxygens (including phenoxy) is 1.